The molecular weight excluding hydrogens is 198 g/mol. The van der Waals surface area contributed by atoms with Crippen molar-refractivity contribution in [2.45, 2.75) is 24.6 Å². The third kappa shape index (κ3) is 2.30. The summed E-state index contributed by atoms with van der Waals surface area (Å²) in [4.78, 5) is 13.7. The average Bonchev–Trinajstić information content (AvgIpc) is 2.37. The fourth-order valence-electron chi connectivity index (χ4n) is 1.64. The summed E-state index contributed by atoms with van der Waals surface area (Å²) < 4.78 is 5.01. The third-order valence-corrected chi connectivity index (χ3v) is 3.81. The van der Waals surface area contributed by atoms with Gasteiger partial charge in [0.05, 0.1) is 0 Å². The molecule has 0 aromatic rings. The molecule has 0 saturated carbocycles. The number of carbonyl (C=O) groups excluding carboxylic acids is 1. The monoisotopic (exact) mass is 215 g/mol. The van der Waals surface area contributed by atoms with Gasteiger partial charge in [-0.05, 0) is 20.9 Å². The molecule has 1 atom stereocenters. The Kier molecular flexibility index (Phi) is 3.61. The Hall–Kier alpha value is -0.480. The molecule has 0 aromatic carbocycles. The van der Waals surface area contributed by atoms with E-state index in [1.54, 1.807) is 17.8 Å². The maximum absolute atomic E-state index is 11.7. The lowest BCUT2D eigenvalue weighted by Gasteiger charge is -2.26. The molecule has 0 aliphatic carbocycles. The van der Waals surface area contributed by atoms with Crippen molar-refractivity contribution in [3.8, 4) is 0 Å². The molecule has 0 bridgehead atoms. The minimum atomic E-state index is -0.151. The van der Waals surface area contributed by atoms with Crippen LogP contribution in [0.15, 0.2) is 12.7 Å². The fourth-order valence-corrected chi connectivity index (χ4v) is 2.76. The lowest BCUT2D eigenvalue weighted by Crippen LogP contribution is -2.45. The zero-order valence-corrected chi connectivity index (χ0v) is 9.76. The Balaban J connectivity index is 2.64. The van der Waals surface area contributed by atoms with Crippen LogP contribution in [0.2, 0.25) is 0 Å². The number of esters is 1. The smallest absolute Gasteiger partial charge is 0.325 e. The van der Waals surface area contributed by atoms with Crippen LogP contribution in [-0.2, 0) is 9.53 Å². The molecule has 0 spiro atoms. The van der Waals surface area contributed by atoms with Gasteiger partial charge in [-0.3, -0.25) is 9.69 Å². The first-order valence-electron chi connectivity index (χ1n) is 4.61. The normalized spacial score (nSPS) is 26.1. The van der Waals surface area contributed by atoms with Gasteiger partial charge in [0.15, 0.2) is 0 Å². The van der Waals surface area contributed by atoms with Crippen molar-refractivity contribution in [1.29, 1.82) is 0 Å². The van der Waals surface area contributed by atoms with Crippen molar-refractivity contribution in [2.24, 2.45) is 0 Å². The van der Waals surface area contributed by atoms with Crippen LogP contribution in [0.4, 0.5) is 0 Å². The predicted molar refractivity (Wildman–Crippen MR) is 59.2 cm³/mol. The first kappa shape index (κ1) is 11.6. The number of ether oxygens (including phenoxy) is 1. The zero-order valence-electron chi connectivity index (χ0n) is 8.95. The van der Waals surface area contributed by atoms with Crippen molar-refractivity contribution in [2.75, 3.05) is 19.5 Å². The maximum atomic E-state index is 11.7. The van der Waals surface area contributed by atoms with E-state index in [1.165, 1.54) is 0 Å². The van der Waals surface area contributed by atoms with Crippen LogP contribution in [0, 0.1) is 0 Å². The molecule has 1 saturated heterocycles. The number of hydrogen-bond acceptors (Lipinski definition) is 4. The fraction of sp³-hybridized carbons (Fsp3) is 0.700. The highest BCUT2D eigenvalue weighted by molar-refractivity contribution is 8.00. The van der Waals surface area contributed by atoms with E-state index in [4.69, 9.17) is 4.74 Å². The van der Waals surface area contributed by atoms with Crippen molar-refractivity contribution < 1.29 is 9.53 Å². The summed E-state index contributed by atoms with van der Waals surface area (Å²) in [6, 6.07) is -0.146. The summed E-state index contributed by atoms with van der Waals surface area (Å²) in [6.45, 7) is 7.96. The van der Waals surface area contributed by atoms with Gasteiger partial charge >= 0.3 is 5.97 Å². The number of likely N-dealkylation sites (N-methyl/N-ethyl adjacent to an activating group) is 1. The first-order valence-corrected chi connectivity index (χ1v) is 5.59. The van der Waals surface area contributed by atoms with Gasteiger partial charge in [-0.15, -0.1) is 11.8 Å². The number of thioether (sulfide) groups is 1. The zero-order chi connectivity index (χ0) is 10.8. The predicted octanol–water partition coefficient (Wildman–Crippen LogP) is 1.50. The topological polar surface area (TPSA) is 29.5 Å². The second-order valence-corrected chi connectivity index (χ2v) is 5.55. The van der Waals surface area contributed by atoms with Gasteiger partial charge in [-0.25, -0.2) is 0 Å². The third-order valence-electron chi connectivity index (χ3n) is 2.31. The molecular formula is C10H17NO2S. The first-order chi connectivity index (χ1) is 6.49. The Labute approximate surface area is 89.5 Å². The molecule has 0 radical (unpaired) electrons. The standard InChI is InChI=1S/C10H17NO2S/c1-5-6-13-9(12)8-10(2,3)14-7-11(8)4/h5,8H,1,6-7H2,2-4H3/t8-/m1/s1. The molecule has 0 amide bonds. The Bertz CT molecular complexity index is 240. The molecule has 80 valence electrons. The van der Waals surface area contributed by atoms with Crippen molar-refractivity contribution >= 4 is 17.7 Å². The van der Waals surface area contributed by atoms with Crippen LogP contribution in [0.3, 0.4) is 0 Å². The molecule has 1 aliphatic rings. The molecule has 1 fully saturated rings. The Morgan fingerprint density at radius 2 is 2.43 bits per heavy atom. The second kappa shape index (κ2) is 4.36. The van der Waals surface area contributed by atoms with Crippen LogP contribution in [-0.4, -0.2) is 41.2 Å². The Morgan fingerprint density at radius 3 is 2.86 bits per heavy atom. The van der Waals surface area contributed by atoms with Crippen molar-refractivity contribution in [3.05, 3.63) is 12.7 Å². The summed E-state index contributed by atoms with van der Waals surface area (Å²) in [5.74, 6) is 0.725. The van der Waals surface area contributed by atoms with E-state index >= 15 is 0 Å². The molecule has 14 heavy (non-hydrogen) atoms. The highest BCUT2D eigenvalue weighted by Gasteiger charge is 2.44. The minimum absolute atomic E-state index is 0.0625. The molecule has 0 aromatic heterocycles. The van der Waals surface area contributed by atoms with Gasteiger partial charge in [0.25, 0.3) is 0 Å². The quantitative estimate of drug-likeness (QED) is 0.527. The van der Waals surface area contributed by atoms with Gasteiger partial charge in [-0.1, -0.05) is 12.7 Å². The van der Waals surface area contributed by atoms with Gasteiger partial charge in [0.2, 0.25) is 0 Å². The van der Waals surface area contributed by atoms with E-state index in [-0.39, 0.29) is 16.8 Å². The van der Waals surface area contributed by atoms with E-state index in [9.17, 15) is 4.79 Å². The van der Waals surface area contributed by atoms with Crippen LogP contribution in [0.1, 0.15) is 13.8 Å². The maximum Gasteiger partial charge on any atom is 0.325 e. The molecule has 1 heterocycles. The Morgan fingerprint density at radius 1 is 1.79 bits per heavy atom. The van der Waals surface area contributed by atoms with E-state index < -0.39 is 0 Å². The lowest BCUT2D eigenvalue weighted by atomic mass is 10.0. The van der Waals surface area contributed by atoms with E-state index in [1.807, 2.05) is 11.9 Å². The second-order valence-electron chi connectivity index (χ2n) is 3.96. The molecule has 0 unspecified atom stereocenters. The van der Waals surface area contributed by atoms with Gasteiger partial charge in [-0.2, -0.15) is 0 Å². The highest BCUT2D eigenvalue weighted by Crippen LogP contribution is 2.38. The number of rotatable bonds is 3. The SMILES string of the molecule is C=CCOC(=O)[C@H]1N(C)CSC1(C)C. The summed E-state index contributed by atoms with van der Waals surface area (Å²) in [5.41, 5.74) is 0. The molecule has 1 rings (SSSR count). The largest absolute Gasteiger partial charge is 0.460 e. The van der Waals surface area contributed by atoms with Crippen molar-refractivity contribution in [1.82, 2.24) is 4.90 Å². The summed E-state index contributed by atoms with van der Waals surface area (Å²) in [5, 5.41) is 0. The van der Waals surface area contributed by atoms with Crippen LogP contribution >= 0.6 is 11.8 Å². The van der Waals surface area contributed by atoms with E-state index in [0.717, 1.165) is 5.88 Å². The molecule has 3 nitrogen and oxygen atoms in total. The minimum Gasteiger partial charge on any atom is -0.460 e. The van der Waals surface area contributed by atoms with Crippen LogP contribution in [0.5, 0.6) is 0 Å². The van der Waals surface area contributed by atoms with Crippen molar-refractivity contribution in [3.63, 3.8) is 0 Å². The average molecular weight is 215 g/mol. The molecule has 1 aliphatic heterocycles. The number of carbonyl (C=O) groups is 1. The number of hydrogen-bond donors (Lipinski definition) is 0. The molecule has 0 N–H and O–H groups in total. The van der Waals surface area contributed by atoms with E-state index in [2.05, 4.69) is 20.4 Å². The highest BCUT2D eigenvalue weighted by atomic mass is 32.2. The summed E-state index contributed by atoms with van der Waals surface area (Å²) >= 11 is 1.78. The summed E-state index contributed by atoms with van der Waals surface area (Å²) in [7, 11) is 1.95. The van der Waals surface area contributed by atoms with Crippen LogP contribution in [0.25, 0.3) is 0 Å². The lowest BCUT2D eigenvalue weighted by molar-refractivity contribution is -0.148. The van der Waals surface area contributed by atoms with Gasteiger partial charge in [0, 0.05) is 10.6 Å². The van der Waals surface area contributed by atoms with E-state index in [0.29, 0.717) is 6.61 Å². The number of nitrogens with zero attached hydrogens (tertiary/aromatic N) is 1. The summed E-state index contributed by atoms with van der Waals surface area (Å²) in [6.07, 6.45) is 1.59. The van der Waals surface area contributed by atoms with Gasteiger partial charge in [0.1, 0.15) is 12.6 Å². The van der Waals surface area contributed by atoms with Gasteiger partial charge < -0.3 is 4.74 Å². The molecule has 4 heteroatoms. The van der Waals surface area contributed by atoms with Crippen LogP contribution < -0.4 is 0 Å².